The molecule has 2 atom stereocenters. The van der Waals surface area contributed by atoms with Gasteiger partial charge in [-0.15, -0.1) is 23.1 Å². The number of hydrogen-bond acceptors (Lipinski definition) is 6. The molecule has 0 unspecified atom stereocenters. The number of ether oxygens (including phenoxy) is 1. The lowest BCUT2D eigenvalue weighted by Gasteiger charge is -2.36. The third-order valence-corrected chi connectivity index (χ3v) is 5.43. The van der Waals surface area contributed by atoms with E-state index in [9.17, 15) is 4.79 Å². The van der Waals surface area contributed by atoms with Crippen LogP contribution in [0.1, 0.15) is 30.4 Å². The number of anilines is 2. The number of Topliss-reactive ketones (excluding diaryl/α,β-unsaturated/α-hetero) is 1. The maximum absolute atomic E-state index is 11.6. The second-order valence-electron chi connectivity index (χ2n) is 4.90. The molecule has 0 amide bonds. The van der Waals surface area contributed by atoms with Crippen LogP contribution in [0.5, 0.6) is 0 Å². The smallest absolute Gasteiger partial charge is 0.171 e. The molecule has 2 heterocycles. The summed E-state index contributed by atoms with van der Waals surface area (Å²) in [6.45, 7) is 7.40. The summed E-state index contributed by atoms with van der Waals surface area (Å²) in [7, 11) is 0. The van der Waals surface area contributed by atoms with E-state index in [4.69, 9.17) is 10.5 Å². The fourth-order valence-corrected chi connectivity index (χ4v) is 4.52. The maximum atomic E-state index is 11.6. The largest absolute Gasteiger partial charge is 0.396 e. The average molecular weight is 300 g/mol. The van der Waals surface area contributed by atoms with Crippen molar-refractivity contribution in [3.63, 3.8) is 0 Å². The van der Waals surface area contributed by atoms with Gasteiger partial charge in [0.1, 0.15) is 5.00 Å². The molecule has 2 N–H and O–H groups in total. The van der Waals surface area contributed by atoms with E-state index in [0.29, 0.717) is 10.6 Å². The number of carbonyl (C=O) groups is 1. The predicted molar refractivity (Wildman–Crippen MR) is 82.7 cm³/mol. The first-order valence-corrected chi connectivity index (χ1v) is 8.35. The van der Waals surface area contributed by atoms with Crippen molar-refractivity contribution in [1.82, 2.24) is 0 Å². The van der Waals surface area contributed by atoms with Gasteiger partial charge in [0.25, 0.3) is 0 Å². The predicted octanol–water partition coefficient (Wildman–Crippen LogP) is 2.87. The molecule has 1 aromatic rings. The van der Waals surface area contributed by atoms with E-state index in [1.54, 1.807) is 18.7 Å². The van der Waals surface area contributed by atoms with Gasteiger partial charge >= 0.3 is 0 Å². The molecule has 1 saturated heterocycles. The van der Waals surface area contributed by atoms with E-state index in [1.165, 1.54) is 11.3 Å². The van der Waals surface area contributed by atoms with E-state index >= 15 is 0 Å². The molecule has 0 spiro atoms. The van der Waals surface area contributed by atoms with Gasteiger partial charge in [0, 0.05) is 20.0 Å². The lowest BCUT2D eigenvalue weighted by atomic mass is 10.2. The lowest BCUT2D eigenvalue weighted by Crippen LogP contribution is -2.45. The van der Waals surface area contributed by atoms with Crippen LogP contribution in [0.25, 0.3) is 0 Å². The van der Waals surface area contributed by atoms with Crippen LogP contribution in [0, 0.1) is 0 Å². The van der Waals surface area contributed by atoms with Crippen molar-refractivity contribution in [3.05, 3.63) is 4.88 Å². The molecule has 6 heteroatoms. The van der Waals surface area contributed by atoms with Crippen molar-refractivity contribution in [2.75, 3.05) is 30.0 Å². The third-order valence-electron chi connectivity index (χ3n) is 3.11. The molecular formula is C13H20N2O2S2. The standard InChI is InChI=1S/C13H20N2O2S2/c1-7-5-15(6-8(2)17-7)13-12(18-4)10(14)11(19-13)9(3)16/h7-8H,5-6,14H2,1-4H3/t7-,8+. The number of morpholine rings is 1. The highest BCUT2D eigenvalue weighted by molar-refractivity contribution is 7.99. The molecular weight excluding hydrogens is 280 g/mol. The monoisotopic (exact) mass is 300 g/mol. The first kappa shape index (κ1) is 14.7. The van der Waals surface area contributed by atoms with Crippen LogP contribution in [-0.4, -0.2) is 37.3 Å². The molecule has 0 saturated carbocycles. The summed E-state index contributed by atoms with van der Waals surface area (Å²) in [5, 5.41) is 1.11. The number of rotatable bonds is 3. The number of nitrogens with two attached hydrogens (primary N) is 1. The molecule has 1 aliphatic rings. The zero-order valence-electron chi connectivity index (χ0n) is 11.7. The van der Waals surface area contributed by atoms with Crippen LogP contribution in [0.4, 0.5) is 10.7 Å². The van der Waals surface area contributed by atoms with Crippen molar-refractivity contribution < 1.29 is 9.53 Å². The van der Waals surface area contributed by atoms with Crippen LogP contribution in [-0.2, 0) is 4.74 Å². The molecule has 2 rings (SSSR count). The summed E-state index contributed by atoms with van der Waals surface area (Å²) in [6.07, 6.45) is 2.39. The second-order valence-corrected chi connectivity index (χ2v) is 6.72. The van der Waals surface area contributed by atoms with E-state index < -0.39 is 0 Å². The Bertz CT molecular complexity index is 477. The zero-order valence-corrected chi connectivity index (χ0v) is 13.4. The molecule has 0 bridgehead atoms. The Morgan fingerprint density at radius 3 is 2.47 bits per heavy atom. The Balaban J connectivity index is 2.38. The summed E-state index contributed by atoms with van der Waals surface area (Å²) in [5.41, 5.74) is 6.73. The van der Waals surface area contributed by atoms with Gasteiger partial charge < -0.3 is 15.4 Å². The van der Waals surface area contributed by atoms with Crippen molar-refractivity contribution in [2.45, 2.75) is 37.9 Å². The molecule has 0 radical (unpaired) electrons. The summed E-state index contributed by atoms with van der Waals surface area (Å²) in [4.78, 5) is 15.6. The SMILES string of the molecule is CSc1c(N2C[C@@H](C)O[C@@H](C)C2)sc(C(C)=O)c1N. The van der Waals surface area contributed by atoms with Crippen molar-refractivity contribution in [3.8, 4) is 0 Å². The van der Waals surface area contributed by atoms with Gasteiger partial charge in [0.15, 0.2) is 5.78 Å². The summed E-state index contributed by atoms with van der Waals surface area (Å²) in [5.74, 6) is 0.0402. The number of thioether (sulfide) groups is 1. The highest BCUT2D eigenvalue weighted by Crippen LogP contribution is 2.44. The van der Waals surface area contributed by atoms with Gasteiger partial charge in [-0.1, -0.05) is 0 Å². The Labute approximate surface area is 122 Å². The van der Waals surface area contributed by atoms with Crippen LogP contribution in [0.3, 0.4) is 0 Å². The highest BCUT2D eigenvalue weighted by Gasteiger charge is 2.28. The van der Waals surface area contributed by atoms with Gasteiger partial charge in [-0.3, -0.25) is 4.79 Å². The fourth-order valence-electron chi connectivity index (χ4n) is 2.43. The van der Waals surface area contributed by atoms with Gasteiger partial charge in [-0.25, -0.2) is 0 Å². The molecule has 1 aliphatic heterocycles. The Kier molecular flexibility index (Phi) is 4.43. The summed E-state index contributed by atoms with van der Waals surface area (Å²) < 4.78 is 5.75. The minimum Gasteiger partial charge on any atom is -0.396 e. The quantitative estimate of drug-likeness (QED) is 0.687. The molecule has 0 aromatic carbocycles. The minimum absolute atomic E-state index is 0.0402. The molecule has 0 aliphatic carbocycles. The molecule has 19 heavy (non-hydrogen) atoms. The molecule has 4 nitrogen and oxygen atoms in total. The lowest BCUT2D eigenvalue weighted by molar-refractivity contribution is -0.00513. The third kappa shape index (κ3) is 2.90. The molecule has 1 aromatic heterocycles. The summed E-state index contributed by atoms with van der Waals surface area (Å²) >= 11 is 3.11. The number of carbonyl (C=O) groups excluding carboxylic acids is 1. The van der Waals surface area contributed by atoms with Crippen LogP contribution < -0.4 is 10.6 Å². The highest BCUT2D eigenvalue weighted by atomic mass is 32.2. The van der Waals surface area contributed by atoms with E-state index in [2.05, 4.69) is 18.7 Å². The number of nitrogens with zero attached hydrogens (tertiary/aromatic N) is 1. The maximum Gasteiger partial charge on any atom is 0.171 e. The fraction of sp³-hybridized carbons (Fsp3) is 0.615. The van der Waals surface area contributed by atoms with E-state index in [1.807, 2.05) is 6.26 Å². The van der Waals surface area contributed by atoms with Gasteiger partial charge in [-0.05, 0) is 20.1 Å². The number of hydrogen-bond donors (Lipinski definition) is 1. The Morgan fingerprint density at radius 2 is 2.00 bits per heavy atom. The molecule has 106 valence electrons. The zero-order chi connectivity index (χ0) is 14.2. The van der Waals surface area contributed by atoms with Gasteiger partial charge in [-0.2, -0.15) is 0 Å². The average Bonchev–Trinajstić information content (AvgIpc) is 2.65. The van der Waals surface area contributed by atoms with Gasteiger partial charge in [0.05, 0.1) is 27.7 Å². The topological polar surface area (TPSA) is 55.6 Å². The van der Waals surface area contributed by atoms with Crippen LogP contribution in [0.15, 0.2) is 4.90 Å². The van der Waals surface area contributed by atoms with Crippen LogP contribution in [0.2, 0.25) is 0 Å². The van der Waals surface area contributed by atoms with E-state index in [0.717, 1.165) is 23.0 Å². The van der Waals surface area contributed by atoms with Gasteiger partial charge in [0.2, 0.25) is 0 Å². The first-order chi connectivity index (χ1) is 8.93. The number of thiophene rings is 1. The summed E-state index contributed by atoms with van der Waals surface area (Å²) in [6, 6.07) is 0. The normalized spacial score (nSPS) is 23.7. The van der Waals surface area contributed by atoms with Crippen molar-refractivity contribution >= 4 is 39.6 Å². The van der Waals surface area contributed by atoms with Crippen molar-refractivity contribution in [2.24, 2.45) is 0 Å². The van der Waals surface area contributed by atoms with Crippen LogP contribution >= 0.6 is 23.1 Å². The first-order valence-electron chi connectivity index (χ1n) is 6.31. The molecule has 1 fully saturated rings. The number of ketones is 1. The second kappa shape index (κ2) is 5.73. The van der Waals surface area contributed by atoms with Crippen molar-refractivity contribution in [1.29, 1.82) is 0 Å². The minimum atomic E-state index is 0.0402. The Morgan fingerprint density at radius 1 is 1.42 bits per heavy atom. The number of nitrogen functional groups attached to an aromatic ring is 1. The Hall–Kier alpha value is -0.720. The van der Waals surface area contributed by atoms with E-state index in [-0.39, 0.29) is 18.0 Å².